The highest BCUT2D eigenvalue weighted by Gasteiger charge is 2.44. The predicted molar refractivity (Wildman–Crippen MR) is 112 cm³/mol. The summed E-state index contributed by atoms with van der Waals surface area (Å²) in [6, 6.07) is 21.4. The standard InChI is InChI=1S/C24H20ClNO3/c1-15-6-10-17(11-7-15)22-21(24(28)29)19-4-2-3-5-20(19)23(27)26(22)14-16-8-12-18(25)13-9-16/h2-13,21-22H,14H2,1H3,(H,28,29)/t21-,22+/m0/s1. The second-order valence-corrected chi connectivity index (χ2v) is 7.75. The molecule has 1 N–H and O–H groups in total. The van der Waals surface area contributed by atoms with Gasteiger partial charge in [0.1, 0.15) is 5.92 Å². The first-order valence-corrected chi connectivity index (χ1v) is 9.77. The first-order chi connectivity index (χ1) is 14.0. The van der Waals surface area contributed by atoms with E-state index in [1.54, 1.807) is 41.3 Å². The third-order valence-electron chi connectivity index (χ3n) is 5.39. The SMILES string of the molecule is Cc1ccc([C@@H]2[C@@H](C(=O)O)c3ccccc3C(=O)N2Cc2ccc(Cl)cc2)cc1. The van der Waals surface area contributed by atoms with Gasteiger partial charge in [0.25, 0.3) is 5.91 Å². The smallest absolute Gasteiger partial charge is 0.313 e. The van der Waals surface area contributed by atoms with E-state index in [0.717, 1.165) is 16.7 Å². The number of rotatable bonds is 4. The number of halogens is 1. The zero-order valence-electron chi connectivity index (χ0n) is 15.9. The second kappa shape index (κ2) is 7.72. The van der Waals surface area contributed by atoms with Crippen molar-refractivity contribution in [2.24, 2.45) is 0 Å². The van der Waals surface area contributed by atoms with Crippen LogP contribution in [0.2, 0.25) is 5.02 Å². The van der Waals surface area contributed by atoms with Crippen LogP contribution in [0.25, 0.3) is 0 Å². The van der Waals surface area contributed by atoms with E-state index in [-0.39, 0.29) is 5.91 Å². The summed E-state index contributed by atoms with van der Waals surface area (Å²) in [4.78, 5) is 27.4. The Labute approximate surface area is 174 Å². The number of hydrogen-bond donors (Lipinski definition) is 1. The Bertz CT molecular complexity index is 1060. The van der Waals surface area contributed by atoms with Crippen LogP contribution in [0.1, 0.15) is 44.6 Å². The van der Waals surface area contributed by atoms with Crippen LogP contribution in [-0.4, -0.2) is 21.9 Å². The normalized spacial score (nSPS) is 18.4. The number of aliphatic carboxylic acids is 1. The highest BCUT2D eigenvalue weighted by atomic mass is 35.5. The van der Waals surface area contributed by atoms with E-state index in [2.05, 4.69) is 0 Å². The number of hydrogen-bond acceptors (Lipinski definition) is 2. The van der Waals surface area contributed by atoms with Gasteiger partial charge >= 0.3 is 5.97 Å². The van der Waals surface area contributed by atoms with Crippen LogP contribution in [0.4, 0.5) is 0 Å². The Balaban J connectivity index is 1.87. The molecule has 1 aliphatic rings. The minimum atomic E-state index is -0.948. The van der Waals surface area contributed by atoms with Crippen LogP contribution in [-0.2, 0) is 11.3 Å². The fourth-order valence-corrected chi connectivity index (χ4v) is 4.08. The summed E-state index contributed by atoms with van der Waals surface area (Å²) in [6.07, 6.45) is 0. The molecule has 3 aromatic carbocycles. The molecule has 29 heavy (non-hydrogen) atoms. The van der Waals surface area contributed by atoms with E-state index in [4.69, 9.17) is 11.6 Å². The molecule has 4 nitrogen and oxygen atoms in total. The Morgan fingerprint density at radius 2 is 1.66 bits per heavy atom. The van der Waals surface area contributed by atoms with Gasteiger partial charge in [-0.25, -0.2) is 0 Å². The molecular formula is C24H20ClNO3. The Hall–Kier alpha value is -3.11. The summed E-state index contributed by atoms with van der Waals surface area (Å²) in [6.45, 7) is 2.28. The van der Waals surface area contributed by atoms with Crippen LogP contribution >= 0.6 is 11.6 Å². The predicted octanol–water partition coefficient (Wildman–Crippen LogP) is 5.21. The summed E-state index contributed by atoms with van der Waals surface area (Å²) >= 11 is 6.00. The molecule has 0 radical (unpaired) electrons. The first-order valence-electron chi connectivity index (χ1n) is 9.39. The molecule has 0 unspecified atom stereocenters. The van der Waals surface area contributed by atoms with Gasteiger partial charge in [0.05, 0.1) is 6.04 Å². The Morgan fingerprint density at radius 1 is 1.00 bits per heavy atom. The van der Waals surface area contributed by atoms with Crippen LogP contribution in [0.5, 0.6) is 0 Å². The lowest BCUT2D eigenvalue weighted by molar-refractivity contribution is -0.140. The first kappa shape index (κ1) is 19.2. The number of carbonyl (C=O) groups is 2. The Kier molecular flexibility index (Phi) is 5.12. The molecule has 0 bridgehead atoms. The van der Waals surface area contributed by atoms with Crippen molar-refractivity contribution in [2.75, 3.05) is 0 Å². The molecule has 1 aliphatic heterocycles. The molecular weight excluding hydrogens is 386 g/mol. The summed E-state index contributed by atoms with van der Waals surface area (Å²) < 4.78 is 0. The maximum Gasteiger partial charge on any atom is 0.313 e. The lowest BCUT2D eigenvalue weighted by Crippen LogP contribution is -2.44. The van der Waals surface area contributed by atoms with Crippen LogP contribution in [0, 0.1) is 6.92 Å². The van der Waals surface area contributed by atoms with Gasteiger partial charge in [-0.1, -0.05) is 71.8 Å². The third kappa shape index (κ3) is 3.64. The molecule has 0 fully saturated rings. The summed E-state index contributed by atoms with van der Waals surface area (Å²) in [5.41, 5.74) is 3.77. The van der Waals surface area contributed by atoms with E-state index in [9.17, 15) is 14.7 Å². The number of aryl methyl sites for hydroxylation is 1. The molecule has 2 atom stereocenters. The van der Waals surface area contributed by atoms with Crippen molar-refractivity contribution in [3.8, 4) is 0 Å². The van der Waals surface area contributed by atoms with E-state index in [0.29, 0.717) is 22.7 Å². The van der Waals surface area contributed by atoms with Crippen LogP contribution in [0.3, 0.4) is 0 Å². The molecule has 1 heterocycles. The van der Waals surface area contributed by atoms with E-state index < -0.39 is 17.9 Å². The van der Waals surface area contributed by atoms with Crippen LogP contribution < -0.4 is 0 Å². The summed E-state index contributed by atoms with van der Waals surface area (Å²) in [5, 5.41) is 10.7. The lowest BCUT2D eigenvalue weighted by atomic mass is 9.79. The molecule has 0 saturated heterocycles. The van der Waals surface area contributed by atoms with Gasteiger partial charge in [-0.15, -0.1) is 0 Å². The van der Waals surface area contributed by atoms with E-state index >= 15 is 0 Å². The van der Waals surface area contributed by atoms with Gasteiger partial charge in [0.15, 0.2) is 0 Å². The maximum absolute atomic E-state index is 13.4. The van der Waals surface area contributed by atoms with Gasteiger partial charge in [0, 0.05) is 17.1 Å². The van der Waals surface area contributed by atoms with Crippen molar-refractivity contribution in [1.29, 1.82) is 0 Å². The van der Waals surface area contributed by atoms with Crippen molar-refractivity contribution in [3.63, 3.8) is 0 Å². The highest BCUT2D eigenvalue weighted by Crippen LogP contribution is 2.43. The van der Waals surface area contributed by atoms with Crippen molar-refractivity contribution in [2.45, 2.75) is 25.4 Å². The zero-order chi connectivity index (χ0) is 20.5. The quantitative estimate of drug-likeness (QED) is 0.647. The minimum absolute atomic E-state index is 0.168. The monoisotopic (exact) mass is 405 g/mol. The van der Waals surface area contributed by atoms with Gasteiger partial charge < -0.3 is 10.0 Å². The van der Waals surface area contributed by atoms with Gasteiger partial charge in [-0.05, 0) is 41.8 Å². The average molecular weight is 406 g/mol. The molecule has 4 rings (SSSR count). The van der Waals surface area contributed by atoms with Gasteiger partial charge in [0.2, 0.25) is 0 Å². The molecule has 0 saturated carbocycles. The summed E-state index contributed by atoms with van der Waals surface area (Å²) in [7, 11) is 0. The van der Waals surface area contributed by atoms with Crippen molar-refractivity contribution in [1.82, 2.24) is 4.90 Å². The van der Waals surface area contributed by atoms with Gasteiger partial charge in [-0.2, -0.15) is 0 Å². The molecule has 5 heteroatoms. The van der Waals surface area contributed by atoms with Crippen molar-refractivity contribution < 1.29 is 14.7 Å². The molecule has 0 spiro atoms. The lowest BCUT2D eigenvalue weighted by Gasteiger charge is -2.41. The number of carboxylic acid groups (broad SMARTS) is 1. The fraction of sp³-hybridized carbons (Fsp3) is 0.167. The second-order valence-electron chi connectivity index (χ2n) is 7.32. The number of nitrogens with zero attached hydrogens (tertiary/aromatic N) is 1. The molecule has 0 aliphatic carbocycles. The molecule has 3 aromatic rings. The number of amides is 1. The number of benzene rings is 3. The molecule has 0 aromatic heterocycles. The zero-order valence-corrected chi connectivity index (χ0v) is 16.6. The Morgan fingerprint density at radius 3 is 2.31 bits per heavy atom. The molecule has 146 valence electrons. The van der Waals surface area contributed by atoms with Gasteiger partial charge in [-0.3, -0.25) is 9.59 Å². The molecule has 1 amide bonds. The van der Waals surface area contributed by atoms with Crippen molar-refractivity contribution in [3.05, 3.63) is 106 Å². The average Bonchev–Trinajstić information content (AvgIpc) is 2.72. The van der Waals surface area contributed by atoms with E-state index in [1.807, 2.05) is 43.3 Å². The maximum atomic E-state index is 13.4. The number of carbonyl (C=O) groups excluding carboxylic acids is 1. The largest absolute Gasteiger partial charge is 0.481 e. The topological polar surface area (TPSA) is 57.6 Å². The van der Waals surface area contributed by atoms with E-state index in [1.165, 1.54) is 0 Å². The number of carboxylic acids is 1. The van der Waals surface area contributed by atoms with Crippen LogP contribution in [0.15, 0.2) is 72.8 Å². The fourth-order valence-electron chi connectivity index (χ4n) is 3.95. The third-order valence-corrected chi connectivity index (χ3v) is 5.64. The number of fused-ring (bicyclic) bond motifs is 1. The van der Waals surface area contributed by atoms with Crippen molar-refractivity contribution >= 4 is 23.5 Å². The highest BCUT2D eigenvalue weighted by molar-refractivity contribution is 6.30. The minimum Gasteiger partial charge on any atom is -0.481 e. The summed E-state index contributed by atoms with van der Waals surface area (Å²) in [5.74, 6) is -1.96.